The van der Waals surface area contributed by atoms with Crippen molar-refractivity contribution in [3.8, 4) is 17.1 Å². The van der Waals surface area contributed by atoms with Crippen LogP contribution in [0.15, 0.2) is 64.1 Å². The molecule has 2 aromatic heterocycles. The van der Waals surface area contributed by atoms with Gasteiger partial charge >= 0.3 is 17.6 Å². The second kappa shape index (κ2) is 11.1. The molecule has 0 saturated heterocycles. The van der Waals surface area contributed by atoms with Crippen LogP contribution in [-0.4, -0.2) is 40.3 Å². The molecule has 1 N–H and O–H groups in total. The highest BCUT2D eigenvalue weighted by atomic mass is 19.1. The molecule has 2 saturated carbocycles. The quantitative estimate of drug-likeness (QED) is 0.348. The van der Waals surface area contributed by atoms with Crippen molar-refractivity contribution in [1.29, 1.82) is 0 Å². The second-order valence-corrected chi connectivity index (χ2v) is 13.5. The lowest BCUT2D eigenvalue weighted by Crippen LogP contribution is -2.70. The number of carbonyl (C=O) groups excluding carboxylic acids is 2. The van der Waals surface area contributed by atoms with E-state index in [4.69, 9.17) is 18.6 Å². The SMILES string of the molecule is CC(=O)OC[C@]1(C)C2C[C@H](OC(=O)c3ccccc3F)[C@@]3(C)Oc4cc(-c5cccnc5)oc(=O)c4C(O)C3[C@@]2(C)CC[C@@H]1C. The van der Waals surface area contributed by atoms with Crippen molar-refractivity contribution < 1.29 is 37.7 Å². The number of aliphatic hydroxyl groups is 1. The van der Waals surface area contributed by atoms with Crippen LogP contribution in [0.3, 0.4) is 0 Å². The smallest absolute Gasteiger partial charge is 0.345 e. The first-order valence-electron chi connectivity index (χ1n) is 15.3. The highest BCUT2D eigenvalue weighted by molar-refractivity contribution is 5.89. The molecule has 0 amide bonds. The van der Waals surface area contributed by atoms with Crippen molar-refractivity contribution in [1.82, 2.24) is 4.98 Å². The molecular weight excluding hydrogens is 581 g/mol. The topological polar surface area (TPSA) is 125 Å². The summed E-state index contributed by atoms with van der Waals surface area (Å²) < 4.78 is 38.9. The van der Waals surface area contributed by atoms with Crippen LogP contribution in [-0.2, 0) is 14.3 Å². The first-order valence-corrected chi connectivity index (χ1v) is 15.3. The zero-order valence-corrected chi connectivity index (χ0v) is 26.0. The van der Waals surface area contributed by atoms with E-state index in [2.05, 4.69) is 25.8 Å². The van der Waals surface area contributed by atoms with E-state index < -0.39 is 57.9 Å². The van der Waals surface area contributed by atoms with Gasteiger partial charge in [-0.15, -0.1) is 0 Å². The normalized spacial score (nSPS) is 33.5. The summed E-state index contributed by atoms with van der Waals surface area (Å²) in [5.41, 5.74) is -2.97. The fourth-order valence-corrected chi connectivity index (χ4v) is 8.52. The molecule has 0 bridgehead atoms. The molecular formula is C35H38FNO8. The van der Waals surface area contributed by atoms with Gasteiger partial charge < -0.3 is 23.7 Å². The molecule has 1 aliphatic heterocycles. The van der Waals surface area contributed by atoms with Crippen LogP contribution in [0, 0.1) is 34.4 Å². The maximum atomic E-state index is 14.7. The Balaban J connectivity index is 1.50. The number of pyridine rings is 1. The molecule has 10 heteroatoms. The zero-order valence-electron chi connectivity index (χ0n) is 26.0. The molecule has 1 aromatic carbocycles. The Morgan fingerprint density at radius 3 is 2.60 bits per heavy atom. The summed E-state index contributed by atoms with van der Waals surface area (Å²) in [6.45, 7) is 9.50. The number of carbonyl (C=O) groups is 2. The monoisotopic (exact) mass is 619 g/mol. The van der Waals surface area contributed by atoms with Crippen LogP contribution in [0.1, 0.15) is 75.9 Å². The number of halogens is 1. The van der Waals surface area contributed by atoms with Crippen LogP contribution in [0.5, 0.6) is 5.75 Å². The molecule has 0 spiro atoms. The van der Waals surface area contributed by atoms with E-state index in [1.807, 2.05) is 0 Å². The molecule has 2 aliphatic carbocycles. The molecule has 3 aromatic rings. The third-order valence-corrected chi connectivity index (χ3v) is 11.0. The van der Waals surface area contributed by atoms with Gasteiger partial charge in [-0.25, -0.2) is 14.0 Å². The lowest BCUT2D eigenvalue weighted by molar-refractivity contribution is -0.257. The number of hydrogen-bond acceptors (Lipinski definition) is 9. The highest BCUT2D eigenvalue weighted by Gasteiger charge is 2.70. The molecule has 3 unspecified atom stereocenters. The first-order chi connectivity index (χ1) is 21.3. The molecule has 0 radical (unpaired) electrons. The molecule has 238 valence electrons. The van der Waals surface area contributed by atoms with Gasteiger partial charge in [0.2, 0.25) is 0 Å². The fraction of sp³-hybridized carbons (Fsp3) is 0.486. The summed E-state index contributed by atoms with van der Waals surface area (Å²) in [5, 5.41) is 12.2. The number of esters is 2. The van der Waals surface area contributed by atoms with Gasteiger partial charge in [0.05, 0.1) is 18.3 Å². The van der Waals surface area contributed by atoms with Gasteiger partial charge in [0.15, 0.2) is 0 Å². The Morgan fingerprint density at radius 2 is 1.91 bits per heavy atom. The van der Waals surface area contributed by atoms with E-state index in [0.717, 1.165) is 6.42 Å². The van der Waals surface area contributed by atoms with Crippen molar-refractivity contribution in [3.63, 3.8) is 0 Å². The van der Waals surface area contributed by atoms with Gasteiger partial charge in [-0.1, -0.05) is 32.9 Å². The third-order valence-electron chi connectivity index (χ3n) is 11.0. The standard InChI is InChI=1S/C35H38FNO8/c1-19-12-13-33(3)26(34(19,4)18-42-20(2)38)16-27(44-31(40)22-10-6-7-11-23(22)36)35(5)30(33)29(39)28-25(45-35)15-24(43-32(28)41)21-9-8-14-37-17-21/h6-11,14-15,17,19,26-27,29-30,39H,12-13,16,18H2,1-5H3/t19-,26?,27-,29?,30?,33-,34-,35+/m0/s1. The Morgan fingerprint density at radius 1 is 1.16 bits per heavy atom. The average molecular weight is 620 g/mol. The van der Waals surface area contributed by atoms with Gasteiger partial charge in [-0.05, 0) is 67.7 Å². The zero-order chi connectivity index (χ0) is 32.3. The van der Waals surface area contributed by atoms with Gasteiger partial charge in [0.25, 0.3) is 0 Å². The van der Waals surface area contributed by atoms with Crippen molar-refractivity contribution in [3.05, 3.63) is 82.2 Å². The summed E-state index contributed by atoms with van der Waals surface area (Å²) >= 11 is 0. The van der Waals surface area contributed by atoms with Crippen LogP contribution in [0.4, 0.5) is 4.39 Å². The number of hydrogen-bond donors (Lipinski definition) is 1. The number of fused-ring (bicyclic) bond motifs is 4. The van der Waals surface area contributed by atoms with E-state index in [-0.39, 0.29) is 41.1 Å². The lowest BCUT2D eigenvalue weighted by Gasteiger charge is -2.66. The van der Waals surface area contributed by atoms with Gasteiger partial charge in [0, 0.05) is 42.3 Å². The number of aromatic nitrogens is 1. The maximum Gasteiger partial charge on any atom is 0.345 e. The Kier molecular flexibility index (Phi) is 7.62. The van der Waals surface area contributed by atoms with Crippen LogP contribution in [0.25, 0.3) is 11.3 Å². The number of benzene rings is 1. The molecule has 3 aliphatic rings. The summed E-state index contributed by atoms with van der Waals surface area (Å²) in [6.07, 6.45) is 2.58. The number of ether oxygens (including phenoxy) is 3. The molecule has 3 heterocycles. The van der Waals surface area contributed by atoms with E-state index in [1.54, 1.807) is 43.6 Å². The summed E-state index contributed by atoms with van der Waals surface area (Å²) in [7, 11) is 0. The summed E-state index contributed by atoms with van der Waals surface area (Å²) in [5.74, 6) is -2.53. The lowest BCUT2D eigenvalue weighted by atomic mass is 9.41. The Hall–Kier alpha value is -4.05. The summed E-state index contributed by atoms with van der Waals surface area (Å²) in [4.78, 5) is 43.1. The van der Waals surface area contributed by atoms with Crippen LogP contribution < -0.4 is 10.4 Å². The van der Waals surface area contributed by atoms with Crippen molar-refractivity contribution >= 4 is 11.9 Å². The molecule has 45 heavy (non-hydrogen) atoms. The Labute approximate surface area is 260 Å². The first kappa shape index (κ1) is 31.0. The van der Waals surface area contributed by atoms with Gasteiger partial charge in [0.1, 0.15) is 34.6 Å². The van der Waals surface area contributed by atoms with Crippen molar-refractivity contribution in [2.45, 2.75) is 71.7 Å². The van der Waals surface area contributed by atoms with E-state index >= 15 is 0 Å². The van der Waals surface area contributed by atoms with E-state index in [1.165, 1.54) is 25.1 Å². The molecule has 2 fully saturated rings. The highest BCUT2D eigenvalue weighted by Crippen LogP contribution is 2.68. The predicted octanol–water partition coefficient (Wildman–Crippen LogP) is 5.89. The predicted molar refractivity (Wildman–Crippen MR) is 161 cm³/mol. The van der Waals surface area contributed by atoms with Gasteiger partial charge in [-0.3, -0.25) is 9.78 Å². The van der Waals surface area contributed by atoms with Crippen molar-refractivity contribution in [2.24, 2.45) is 28.6 Å². The molecule has 6 rings (SSSR count). The van der Waals surface area contributed by atoms with E-state index in [9.17, 15) is 23.9 Å². The minimum absolute atomic E-state index is 0.00789. The number of aliphatic hydroxyl groups excluding tert-OH is 1. The molecule has 9 nitrogen and oxygen atoms in total. The van der Waals surface area contributed by atoms with Crippen molar-refractivity contribution in [2.75, 3.05) is 6.61 Å². The van der Waals surface area contributed by atoms with Crippen LogP contribution >= 0.6 is 0 Å². The van der Waals surface area contributed by atoms with Crippen LogP contribution in [0.2, 0.25) is 0 Å². The number of rotatable bonds is 5. The fourth-order valence-electron chi connectivity index (χ4n) is 8.52. The minimum Gasteiger partial charge on any atom is -0.482 e. The summed E-state index contributed by atoms with van der Waals surface area (Å²) in [6, 6.07) is 10.6. The largest absolute Gasteiger partial charge is 0.482 e. The minimum atomic E-state index is -1.34. The molecule has 8 atom stereocenters. The third kappa shape index (κ3) is 4.94. The average Bonchev–Trinajstić information content (AvgIpc) is 2.99. The van der Waals surface area contributed by atoms with E-state index in [0.29, 0.717) is 18.4 Å². The number of nitrogens with zero attached hydrogens (tertiary/aromatic N) is 1. The second-order valence-electron chi connectivity index (χ2n) is 13.5. The Bertz CT molecular complexity index is 1690. The van der Waals surface area contributed by atoms with Gasteiger partial charge in [-0.2, -0.15) is 0 Å². The maximum absolute atomic E-state index is 14.7.